The van der Waals surface area contributed by atoms with Gasteiger partial charge in [0.2, 0.25) is 5.91 Å². The fourth-order valence-electron chi connectivity index (χ4n) is 1.89. The number of carbonyl (C=O) groups excluding carboxylic acids is 1. The number of sulfone groups is 1. The molecule has 1 aromatic heterocycles. The van der Waals surface area contributed by atoms with E-state index in [0.717, 1.165) is 0 Å². The van der Waals surface area contributed by atoms with E-state index in [1.54, 1.807) is 41.8 Å². The molecule has 0 saturated heterocycles. The average molecular weight is 344 g/mol. The number of carbonyl (C=O) groups is 1. The molecule has 1 atom stereocenters. The van der Waals surface area contributed by atoms with Gasteiger partial charge in [0, 0.05) is 6.54 Å². The van der Waals surface area contributed by atoms with Gasteiger partial charge in [0.15, 0.2) is 9.84 Å². The summed E-state index contributed by atoms with van der Waals surface area (Å²) in [6.07, 6.45) is 0. The molecule has 0 bridgehead atoms. The molecule has 0 aliphatic heterocycles. The lowest BCUT2D eigenvalue weighted by molar-refractivity contribution is -0.118. The second-order valence-corrected chi connectivity index (χ2v) is 7.89. The van der Waals surface area contributed by atoms with Crippen molar-refractivity contribution in [2.45, 2.75) is 9.46 Å². The lowest BCUT2D eigenvalue weighted by Gasteiger charge is -2.17. The largest absolute Gasteiger partial charge is 0.353 e. The lowest BCUT2D eigenvalue weighted by Crippen LogP contribution is -2.32. The number of nitrogens with one attached hydrogen (secondary N) is 1. The average Bonchev–Trinajstić information content (AvgIpc) is 3.03. The van der Waals surface area contributed by atoms with Crippen molar-refractivity contribution in [3.8, 4) is 0 Å². The molecule has 0 radical (unpaired) electrons. The van der Waals surface area contributed by atoms with Gasteiger partial charge in [-0.3, -0.25) is 4.79 Å². The summed E-state index contributed by atoms with van der Waals surface area (Å²) >= 11 is 6.60. The normalized spacial score (nSPS) is 12.8. The predicted molar refractivity (Wildman–Crippen MR) is 84.4 cm³/mol. The smallest absolute Gasteiger partial charge is 0.234 e. The predicted octanol–water partition coefficient (Wildman–Crippen LogP) is 2.62. The Balaban J connectivity index is 2.34. The topological polar surface area (TPSA) is 63.2 Å². The summed E-state index contributed by atoms with van der Waals surface area (Å²) in [4.78, 5) is 11.3. The number of hydrogen-bond acceptors (Lipinski definition) is 4. The fourth-order valence-corrected chi connectivity index (χ4v) is 4.86. The lowest BCUT2D eigenvalue weighted by atomic mass is 10.1. The first kappa shape index (κ1) is 16.0. The molecule has 0 saturated carbocycles. The zero-order valence-electron chi connectivity index (χ0n) is 11.0. The van der Waals surface area contributed by atoms with Crippen LogP contribution in [0.25, 0.3) is 0 Å². The van der Waals surface area contributed by atoms with Gasteiger partial charge in [0.05, 0.1) is 0 Å². The number of thiophene rings is 1. The van der Waals surface area contributed by atoms with Crippen molar-refractivity contribution in [2.75, 3.05) is 12.4 Å². The molecule has 1 aromatic carbocycles. The highest BCUT2D eigenvalue weighted by molar-refractivity contribution is 7.93. The molecule has 21 heavy (non-hydrogen) atoms. The maximum absolute atomic E-state index is 12.7. The molecule has 0 spiro atoms. The number of alkyl halides is 1. The van der Waals surface area contributed by atoms with Crippen LogP contribution in [0.3, 0.4) is 0 Å². The molecule has 2 rings (SSSR count). The van der Waals surface area contributed by atoms with Crippen LogP contribution in [0.4, 0.5) is 0 Å². The summed E-state index contributed by atoms with van der Waals surface area (Å²) in [5.74, 6) is -0.584. The van der Waals surface area contributed by atoms with E-state index in [1.807, 2.05) is 6.07 Å². The van der Waals surface area contributed by atoms with Crippen LogP contribution in [0, 0.1) is 0 Å². The molecule has 0 aliphatic rings. The first-order valence-electron chi connectivity index (χ1n) is 6.20. The van der Waals surface area contributed by atoms with Crippen LogP contribution in [0.1, 0.15) is 10.8 Å². The van der Waals surface area contributed by atoms with Crippen LogP contribution < -0.4 is 5.32 Å². The highest BCUT2D eigenvalue weighted by Gasteiger charge is 2.30. The Labute approximate surface area is 132 Å². The molecule has 0 unspecified atom stereocenters. The van der Waals surface area contributed by atoms with Gasteiger partial charge in [-0.1, -0.05) is 36.4 Å². The first-order valence-corrected chi connectivity index (χ1v) is 9.16. The summed E-state index contributed by atoms with van der Waals surface area (Å²) in [5, 5.41) is 3.44. The second-order valence-electron chi connectivity index (χ2n) is 4.31. The maximum Gasteiger partial charge on any atom is 0.234 e. The molecule has 0 aliphatic carbocycles. The van der Waals surface area contributed by atoms with Crippen molar-refractivity contribution in [2.24, 2.45) is 0 Å². The molecule has 0 fully saturated rings. The van der Waals surface area contributed by atoms with Gasteiger partial charge >= 0.3 is 0 Å². The monoisotopic (exact) mass is 343 g/mol. The second kappa shape index (κ2) is 7.06. The van der Waals surface area contributed by atoms with Crippen molar-refractivity contribution >= 4 is 38.7 Å². The van der Waals surface area contributed by atoms with Crippen LogP contribution in [0.15, 0.2) is 52.1 Å². The van der Waals surface area contributed by atoms with Crippen molar-refractivity contribution in [3.63, 3.8) is 0 Å². The summed E-state index contributed by atoms with van der Waals surface area (Å²) in [6, 6.07) is 12.1. The van der Waals surface area contributed by atoms with Crippen molar-refractivity contribution in [3.05, 3.63) is 53.4 Å². The van der Waals surface area contributed by atoms with E-state index in [4.69, 9.17) is 11.6 Å². The van der Waals surface area contributed by atoms with E-state index in [-0.39, 0.29) is 22.5 Å². The number of rotatable bonds is 6. The third-order valence-electron chi connectivity index (χ3n) is 2.93. The minimum absolute atomic E-state index is 0.00417. The molecule has 2 aromatic rings. The molecular formula is C14H14ClNO3S2. The van der Waals surface area contributed by atoms with Gasteiger partial charge in [-0.25, -0.2) is 8.42 Å². The Morgan fingerprint density at radius 2 is 1.90 bits per heavy atom. The van der Waals surface area contributed by atoms with Crippen LogP contribution in [-0.4, -0.2) is 26.7 Å². The van der Waals surface area contributed by atoms with E-state index in [0.29, 0.717) is 5.56 Å². The SMILES string of the molecule is O=C(CCl)NC[C@@H](c1ccccc1)S(=O)(=O)c1cccs1. The van der Waals surface area contributed by atoms with Gasteiger partial charge in [-0.15, -0.1) is 22.9 Å². The molecule has 112 valence electrons. The summed E-state index contributed by atoms with van der Waals surface area (Å²) < 4.78 is 25.7. The van der Waals surface area contributed by atoms with Gasteiger partial charge in [-0.05, 0) is 17.0 Å². The molecule has 1 amide bonds. The Hall–Kier alpha value is -1.37. The summed E-state index contributed by atoms with van der Waals surface area (Å²) in [6.45, 7) is -0.00417. The number of halogens is 1. The third-order valence-corrected chi connectivity index (χ3v) is 6.70. The summed E-state index contributed by atoms with van der Waals surface area (Å²) in [5.41, 5.74) is 0.640. The minimum atomic E-state index is -3.55. The van der Waals surface area contributed by atoms with E-state index in [2.05, 4.69) is 5.32 Å². The zero-order valence-corrected chi connectivity index (χ0v) is 13.4. The van der Waals surface area contributed by atoms with E-state index in [1.165, 1.54) is 11.3 Å². The molecule has 7 heteroatoms. The van der Waals surface area contributed by atoms with Crippen LogP contribution in [0.5, 0.6) is 0 Å². The van der Waals surface area contributed by atoms with Gasteiger partial charge in [0.25, 0.3) is 0 Å². The Morgan fingerprint density at radius 1 is 1.19 bits per heavy atom. The Morgan fingerprint density at radius 3 is 2.48 bits per heavy atom. The standard InChI is InChI=1S/C14H14ClNO3S2/c15-9-13(17)16-10-12(11-5-2-1-3-6-11)21(18,19)14-7-4-8-20-14/h1-8,12H,9-10H2,(H,16,17)/t12-/m0/s1. The third kappa shape index (κ3) is 3.84. The molecular weight excluding hydrogens is 330 g/mol. The maximum atomic E-state index is 12.7. The summed E-state index contributed by atoms with van der Waals surface area (Å²) in [7, 11) is -3.55. The Kier molecular flexibility index (Phi) is 5.39. The highest BCUT2D eigenvalue weighted by atomic mass is 35.5. The molecule has 1 N–H and O–H groups in total. The quantitative estimate of drug-likeness (QED) is 0.820. The van der Waals surface area contributed by atoms with Crippen LogP contribution in [-0.2, 0) is 14.6 Å². The number of amides is 1. The van der Waals surface area contributed by atoms with Gasteiger partial charge in [0.1, 0.15) is 15.3 Å². The molecule has 1 heterocycles. The van der Waals surface area contributed by atoms with Gasteiger partial charge in [-0.2, -0.15) is 0 Å². The number of hydrogen-bond donors (Lipinski definition) is 1. The number of benzene rings is 1. The van der Waals surface area contributed by atoms with Gasteiger partial charge < -0.3 is 5.32 Å². The highest BCUT2D eigenvalue weighted by Crippen LogP contribution is 2.30. The van der Waals surface area contributed by atoms with E-state index < -0.39 is 15.1 Å². The van der Waals surface area contributed by atoms with E-state index in [9.17, 15) is 13.2 Å². The first-order chi connectivity index (χ1) is 10.1. The minimum Gasteiger partial charge on any atom is -0.353 e. The van der Waals surface area contributed by atoms with Crippen molar-refractivity contribution in [1.29, 1.82) is 0 Å². The fraction of sp³-hybridized carbons (Fsp3) is 0.214. The van der Waals surface area contributed by atoms with Crippen molar-refractivity contribution < 1.29 is 13.2 Å². The zero-order chi connectivity index (χ0) is 15.3. The Bertz CT molecular complexity index is 684. The van der Waals surface area contributed by atoms with Crippen LogP contribution in [0.2, 0.25) is 0 Å². The molecule has 4 nitrogen and oxygen atoms in total. The van der Waals surface area contributed by atoms with E-state index >= 15 is 0 Å². The van der Waals surface area contributed by atoms with Crippen LogP contribution >= 0.6 is 22.9 Å². The van der Waals surface area contributed by atoms with Crippen molar-refractivity contribution in [1.82, 2.24) is 5.32 Å².